The van der Waals surface area contributed by atoms with Crippen molar-refractivity contribution in [3.63, 3.8) is 0 Å². The summed E-state index contributed by atoms with van der Waals surface area (Å²) in [4.78, 5) is 0. The summed E-state index contributed by atoms with van der Waals surface area (Å²) in [5, 5.41) is 0. The quantitative estimate of drug-likeness (QED) is 0.571. The maximum absolute atomic E-state index is 6.17. The molecule has 78 valence electrons. The zero-order valence-electron chi connectivity index (χ0n) is 9.47. The van der Waals surface area contributed by atoms with E-state index in [4.69, 9.17) is 4.74 Å². The Balaban J connectivity index is 2.39. The molecule has 0 aromatic heterocycles. The molecule has 14 heavy (non-hydrogen) atoms. The third-order valence-electron chi connectivity index (χ3n) is 3.86. The van der Waals surface area contributed by atoms with E-state index in [0.29, 0.717) is 6.10 Å². The van der Waals surface area contributed by atoms with Gasteiger partial charge in [0.05, 0.1) is 11.7 Å². The van der Waals surface area contributed by atoms with Gasteiger partial charge in [-0.1, -0.05) is 32.6 Å². The first-order valence-electron chi connectivity index (χ1n) is 5.52. The van der Waals surface area contributed by atoms with Gasteiger partial charge in [-0.2, -0.15) is 0 Å². The van der Waals surface area contributed by atoms with Crippen molar-refractivity contribution in [1.29, 1.82) is 0 Å². The number of ether oxygens (including phenoxy) is 1. The second-order valence-corrected chi connectivity index (χ2v) is 5.31. The van der Waals surface area contributed by atoms with E-state index >= 15 is 0 Å². The van der Waals surface area contributed by atoms with Crippen LogP contribution in [0.2, 0.25) is 0 Å². The van der Waals surface area contributed by atoms with Gasteiger partial charge in [-0.15, -0.1) is 0 Å². The van der Waals surface area contributed by atoms with Crippen molar-refractivity contribution in [2.45, 2.75) is 51.7 Å². The number of allylic oxidation sites excluding steroid dienone is 1. The van der Waals surface area contributed by atoms with Crippen LogP contribution < -0.4 is 0 Å². The summed E-state index contributed by atoms with van der Waals surface area (Å²) < 4.78 is 6.17. The minimum atomic E-state index is -0.0822. The van der Waals surface area contributed by atoms with Crippen molar-refractivity contribution in [2.24, 2.45) is 5.41 Å². The molecule has 0 bridgehead atoms. The highest BCUT2D eigenvalue weighted by atomic mass is 16.5. The zero-order chi connectivity index (χ0) is 10.4. The Morgan fingerprint density at radius 3 is 2.71 bits per heavy atom. The molecule has 1 spiro atoms. The lowest BCUT2D eigenvalue weighted by Gasteiger charge is -2.46. The van der Waals surface area contributed by atoms with Crippen molar-refractivity contribution in [3.8, 4) is 0 Å². The largest absolute Gasteiger partial charge is 0.367 e. The van der Waals surface area contributed by atoms with Crippen molar-refractivity contribution in [3.05, 3.63) is 24.3 Å². The summed E-state index contributed by atoms with van der Waals surface area (Å²) in [6, 6.07) is 0. The standard InChI is InChI=1S/C13H20O/c1-10-6-5-8-12(3,4)13(10)9-7-11(2)14-13/h5-6,11H,1,7-9H2,2-4H3/t11?,13-/m1/s1. The predicted molar refractivity (Wildman–Crippen MR) is 59.2 cm³/mol. The Hall–Kier alpha value is -0.560. The van der Waals surface area contributed by atoms with Crippen molar-refractivity contribution in [2.75, 3.05) is 0 Å². The molecule has 0 saturated carbocycles. The summed E-state index contributed by atoms with van der Waals surface area (Å²) in [5.74, 6) is 0. The van der Waals surface area contributed by atoms with E-state index in [2.05, 4.69) is 39.5 Å². The minimum absolute atomic E-state index is 0.0822. The van der Waals surface area contributed by atoms with Crippen LogP contribution in [0.25, 0.3) is 0 Å². The van der Waals surface area contributed by atoms with Crippen molar-refractivity contribution in [1.82, 2.24) is 0 Å². The lowest BCUT2D eigenvalue weighted by atomic mass is 9.65. The summed E-state index contributed by atoms with van der Waals surface area (Å²) in [6.45, 7) is 10.9. The van der Waals surface area contributed by atoms with Crippen LogP contribution in [0.1, 0.15) is 40.0 Å². The van der Waals surface area contributed by atoms with E-state index in [1.165, 1.54) is 0 Å². The van der Waals surface area contributed by atoms with Gasteiger partial charge in [0, 0.05) is 5.41 Å². The van der Waals surface area contributed by atoms with Gasteiger partial charge in [0.2, 0.25) is 0 Å². The van der Waals surface area contributed by atoms with Gasteiger partial charge in [-0.25, -0.2) is 0 Å². The van der Waals surface area contributed by atoms with Crippen LogP contribution in [-0.2, 0) is 4.74 Å². The summed E-state index contributed by atoms with van der Waals surface area (Å²) in [7, 11) is 0. The molecule has 1 aliphatic carbocycles. The lowest BCUT2D eigenvalue weighted by molar-refractivity contribution is -0.0828. The van der Waals surface area contributed by atoms with E-state index in [9.17, 15) is 0 Å². The topological polar surface area (TPSA) is 9.23 Å². The Morgan fingerprint density at radius 2 is 2.21 bits per heavy atom. The fourth-order valence-electron chi connectivity index (χ4n) is 2.83. The molecule has 0 aromatic rings. The molecule has 1 saturated heterocycles. The van der Waals surface area contributed by atoms with Crippen LogP contribution >= 0.6 is 0 Å². The SMILES string of the molecule is C=C1C=CCC(C)(C)[C@@]12CCC(C)O2. The van der Waals surface area contributed by atoms with Gasteiger partial charge in [0.15, 0.2) is 0 Å². The molecule has 1 unspecified atom stereocenters. The first kappa shape index (κ1) is 9.97. The number of hydrogen-bond acceptors (Lipinski definition) is 1. The molecule has 1 heteroatoms. The first-order valence-corrected chi connectivity index (χ1v) is 5.52. The molecule has 0 radical (unpaired) electrons. The van der Waals surface area contributed by atoms with Gasteiger partial charge in [-0.05, 0) is 31.8 Å². The zero-order valence-corrected chi connectivity index (χ0v) is 9.47. The molecule has 1 fully saturated rings. The second-order valence-electron chi connectivity index (χ2n) is 5.31. The summed E-state index contributed by atoms with van der Waals surface area (Å²) in [6.07, 6.45) is 8.14. The van der Waals surface area contributed by atoms with Crippen molar-refractivity contribution >= 4 is 0 Å². The third-order valence-corrected chi connectivity index (χ3v) is 3.86. The number of rotatable bonds is 0. The Kier molecular flexibility index (Phi) is 2.11. The fraction of sp³-hybridized carbons (Fsp3) is 0.692. The predicted octanol–water partition coefficient (Wildman–Crippen LogP) is 3.47. The molecule has 2 atom stereocenters. The average Bonchev–Trinajstić information content (AvgIpc) is 2.46. The maximum atomic E-state index is 6.17. The molecule has 1 aliphatic heterocycles. The smallest absolute Gasteiger partial charge is 0.0983 e. The molecule has 1 heterocycles. The van der Waals surface area contributed by atoms with Crippen LogP contribution in [0.5, 0.6) is 0 Å². The van der Waals surface area contributed by atoms with Gasteiger partial charge in [0.25, 0.3) is 0 Å². The lowest BCUT2D eigenvalue weighted by Crippen LogP contribution is -2.47. The van der Waals surface area contributed by atoms with E-state index in [0.717, 1.165) is 24.8 Å². The molecular weight excluding hydrogens is 172 g/mol. The highest BCUT2D eigenvalue weighted by molar-refractivity contribution is 5.34. The molecule has 1 nitrogen and oxygen atoms in total. The molecular formula is C13H20O. The number of hydrogen-bond donors (Lipinski definition) is 0. The third kappa shape index (κ3) is 1.18. The molecule has 0 N–H and O–H groups in total. The molecule has 0 aromatic carbocycles. The summed E-state index contributed by atoms with van der Waals surface area (Å²) >= 11 is 0. The minimum Gasteiger partial charge on any atom is -0.367 e. The second kappa shape index (κ2) is 2.96. The first-order chi connectivity index (χ1) is 6.48. The van der Waals surface area contributed by atoms with Crippen LogP contribution in [-0.4, -0.2) is 11.7 Å². The van der Waals surface area contributed by atoms with E-state index in [1.807, 2.05) is 0 Å². The Labute approximate surface area is 86.8 Å². The summed E-state index contributed by atoms with van der Waals surface area (Å²) in [5.41, 5.74) is 1.28. The van der Waals surface area contributed by atoms with Gasteiger partial charge < -0.3 is 4.74 Å². The van der Waals surface area contributed by atoms with E-state index < -0.39 is 0 Å². The van der Waals surface area contributed by atoms with Gasteiger partial charge >= 0.3 is 0 Å². The van der Waals surface area contributed by atoms with E-state index in [1.54, 1.807) is 0 Å². The monoisotopic (exact) mass is 192 g/mol. The van der Waals surface area contributed by atoms with Gasteiger partial charge in [-0.3, -0.25) is 0 Å². The van der Waals surface area contributed by atoms with Crippen LogP contribution in [0.3, 0.4) is 0 Å². The Bertz CT molecular complexity index is 288. The van der Waals surface area contributed by atoms with Crippen LogP contribution in [0.15, 0.2) is 24.3 Å². The average molecular weight is 192 g/mol. The normalized spacial score (nSPS) is 40.8. The van der Waals surface area contributed by atoms with Gasteiger partial charge in [0.1, 0.15) is 0 Å². The Morgan fingerprint density at radius 1 is 1.50 bits per heavy atom. The molecule has 0 amide bonds. The highest BCUT2D eigenvalue weighted by Crippen LogP contribution is 2.52. The van der Waals surface area contributed by atoms with Crippen LogP contribution in [0, 0.1) is 5.41 Å². The van der Waals surface area contributed by atoms with Crippen molar-refractivity contribution < 1.29 is 4.74 Å². The molecule has 2 rings (SSSR count). The fourth-order valence-corrected chi connectivity index (χ4v) is 2.83. The molecule has 2 aliphatic rings. The van der Waals surface area contributed by atoms with Crippen LogP contribution in [0.4, 0.5) is 0 Å². The van der Waals surface area contributed by atoms with E-state index in [-0.39, 0.29) is 11.0 Å². The highest BCUT2D eigenvalue weighted by Gasteiger charge is 2.52. The maximum Gasteiger partial charge on any atom is 0.0983 e.